The second-order valence-electron chi connectivity index (χ2n) is 4.41. The van der Waals surface area contributed by atoms with Gasteiger partial charge in [0.2, 0.25) is 0 Å². The molecular formula is C13H15Br3N4. The lowest BCUT2D eigenvalue weighted by Crippen LogP contribution is -2.26. The molecular weight excluding hydrogens is 452 g/mol. The molecule has 0 aliphatic heterocycles. The molecule has 2 heterocycles. The molecule has 2 rings (SSSR count). The summed E-state index contributed by atoms with van der Waals surface area (Å²) < 4.78 is 4.76. The number of pyridine rings is 1. The lowest BCUT2D eigenvalue weighted by atomic mass is 10.1. The van der Waals surface area contributed by atoms with Crippen LogP contribution in [0.4, 0.5) is 0 Å². The highest BCUT2D eigenvalue weighted by molar-refractivity contribution is 9.11. The van der Waals surface area contributed by atoms with Crippen LogP contribution < -0.4 is 5.32 Å². The predicted octanol–water partition coefficient (Wildman–Crippen LogP) is 4.19. The van der Waals surface area contributed by atoms with Gasteiger partial charge < -0.3 is 5.32 Å². The van der Waals surface area contributed by atoms with Crippen LogP contribution in [0.1, 0.15) is 30.8 Å². The molecule has 0 aromatic carbocycles. The van der Waals surface area contributed by atoms with E-state index in [0.29, 0.717) is 0 Å². The molecule has 0 spiro atoms. The molecule has 0 aliphatic carbocycles. The Morgan fingerprint density at radius 3 is 2.55 bits per heavy atom. The molecule has 7 heteroatoms. The van der Waals surface area contributed by atoms with Crippen molar-refractivity contribution in [3.05, 3.63) is 43.3 Å². The van der Waals surface area contributed by atoms with Crippen molar-refractivity contribution in [2.24, 2.45) is 7.05 Å². The van der Waals surface area contributed by atoms with E-state index in [0.717, 1.165) is 37.8 Å². The lowest BCUT2D eigenvalue weighted by Gasteiger charge is -2.20. The molecule has 0 fully saturated rings. The van der Waals surface area contributed by atoms with Crippen molar-refractivity contribution in [2.75, 3.05) is 6.54 Å². The van der Waals surface area contributed by atoms with E-state index < -0.39 is 0 Å². The van der Waals surface area contributed by atoms with Gasteiger partial charge in [-0.05, 0) is 66.8 Å². The van der Waals surface area contributed by atoms with Gasteiger partial charge in [0.15, 0.2) is 0 Å². The van der Waals surface area contributed by atoms with Gasteiger partial charge in [-0.3, -0.25) is 9.67 Å². The number of hydrogen-bond donors (Lipinski definition) is 1. The Morgan fingerprint density at radius 2 is 2.00 bits per heavy atom. The monoisotopic (exact) mass is 464 g/mol. The van der Waals surface area contributed by atoms with Crippen LogP contribution in [0.3, 0.4) is 0 Å². The van der Waals surface area contributed by atoms with Crippen LogP contribution in [-0.4, -0.2) is 21.3 Å². The van der Waals surface area contributed by atoms with Crippen molar-refractivity contribution in [1.82, 2.24) is 20.1 Å². The van der Waals surface area contributed by atoms with Crippen molar-refractivity contribution < 1.29 is 0 Å². The minimum atomic E-state index is -0.0145. The van der Waals surface area contributed by atoms with E-state index in [1.165, 1.54) is 0 Å². The van der Waals surface area contributed by atoms with E-state index in [4.69, 9.17) is 0 Å². The second-order valence-corrected chi connectivity index (χ2v) is 7.03. The molecule has 2 aromatic rings. The van der Waals surface area contributed by atoms with Gasteiger partial charge >= 0.3 is 0 Å². The zero-order chi connectivity index (χ0) is 14.7. The Hall–Kier alpha value is -0.240. The molecule has 0 bridgehead atoms. The normalized spacial score (nSPS) is 12.7. The summed E-state index contributed by atoms with van der Waals surface area (Å²) in [5.74, 6) is 0. The number of nitrogens with one attached hydrogen (secondary N) is 1. The topological polar surface area (TPSA) is 42.7 Å². The van der Waals surface area contributed by atoms with Crippen molar-refractivity contribution in [1.29, 1.82) is 0 Å². The highest BCUT2D eigenvalue weighted by Gasteiger charge is 2.23. The Labute approximate surface area is 143 Å². The van der Waals surface area contributed by atoms with Crippen LogP contribution >= 0.6 is 47.8 Å². The van der Waals surface area contributed by atoms with Crippen molar-refractivity contribution in [3.63, 3.8) is 0 Å². The number of hydrogen-bond acceptors (Lipinski definition) is 3. The van der Waals surface area contributed by atoms with E-state index in [-0.39, 0.29) is 6.04 Å². The summed E-state index contributed by atoms with van der Waals surface area (Å²) >= 11 is 10.6. The van der Waals surface area contributed by atoms with Crippen LogP contribution in [0.2, 0.25) is 0 Å². The Kier molecular flexibility index (Phi) is 5.77. The number of rotatable bonds is 5. The molecule has 0 aliphatic rings. The first-order chi connectivity index (χ1) is 9.54. The molecule has 20 heavy (non-hydrogen) atoms. The third-order valence-electron chi connectivity index (χ3n) is 2.92. The van der Waals surface area contributed by atoms with Gasteiger partial charge in [0, 0.05) is 22.2 Å². The fraction of sp³-hybridized carbons (Fsp3) is 0.385. The molecule has 0 saturated carbocycles. The molecule has 108 valence electrons. The Bertz CT molecular complexity index is 578. The Balaban J connectivity index is 2.47. The first kappa shape index (κ1) is 16.1. The van der Waals surface area contributed by atoms with Gasteiger partial charge in [0.1, 0.15) is 0 Å². The maximum Gasteiger partial charge on any atom is 0.0944 e. The van der Waals surface area contributed by atoms with E-state index in [2.05, 4.69) is 70.1 Å². The van der Waals surface area contributed by atoms with Gasteiger partial charge in [0.05, 0.1) is 28.1 Å². The van der Waals surface area contributed by atoms with Gasteiger partial charge in [-0.2, -0.15) is 5.10 Å². The fourth-order valence-corrected chi connectivity index (χ4v) is 3.79. The maximum atomic E-state index is 4.55. The molecule has 1 unspecified atom stereocenters. The first-order valence-electron chi connectivity index (χ1n) is 6.26. The molecule has 0 saturated heterocycles. The van der Waals surface area contributed by atoms with Crippen LogP contribution in [0.25, 0.3) is 0 Å². The molecule has 1 N–H and O–H groups in total. The van der Waals surface area contributed by atoms with Crippen molar-refractivity contribution in [2.45, 2.75) is 19.4 Å². The number of aryl methyl sites for hydroxylation is 1. The van der Waals surface area contributed by atoms with Gasteiger partial charge in [-0.1, -0.05) is 6.92 Å². The summed E-state index contributed by atoms with van der Waals surface area (Å²) in [5, 5.41) is 7.83. The summed E-state index contributed by atoms with van der Waals surface area (Å²) in [7, 11) is 1.94. The summed E-state index contributed by atoms with van der Waals surface area (Å²) in [6, 6.07) is 1.99. The van der Waals surface area contributed by atoms with Crippen LogP contribution in [0, 0.1) is 0 Å². The minimum Gasteiger partial charge on any atom is -0.304 e. The fourth-order valence-electron chi connectivity index (χ4n) is 1.99. The van der Waals surface area contributed by atoms with Gasteiger partial charge in [-0.25, -0.2) is 0 Å². The number of aromatic nitrogens is 3. The molecule has 0 amide bonds. The maximum absolute atomic E-state index is 4.55. The zero-order valence-corrected chi connectivity index (χ0v) is 16.0. The number of nitrogens with zero attached hydrogens (tertiary/aromatic N) is 3. The molecule has 0 radical (unpaired) electrons. The van der Waals surface area contributed by atoms with E-state index in [1.54, 1.807) is 0 Å². The molecule has 1 atom stereocenters. The third-order valence-corrected chi connectivity index (χ3v) is 4.60. The molecule has 2 aromatic heterocycles. The van der Waals surface area contributed by atoms with Crippen LogP contribution in [-0.2, 0) is 7.05 Å². The SMILES string of the molecule is CCCNC(c1ncc(Br)cc1Br)c1c(Br)cnn1C. The highest BCUT2D eigenvalue weighted by Crippen LogP contribution is 2.32. The second kappa shape index (κ2) is 7.15. The highest BCUT2D eigenvalue weighted by atomic mass is 79.9. The third kappa shape index (κ3) is 3.50. The average Bonchev–Trinajstić information content (AvgIpc) is 2.72. The summed E-state index contributed by atoms with van der Waals surface area (Å²) in [4.78, 5) is 4.55. The average molecular weight is 467 g/mol. The standard InChI is InChI=1S/C13H15Br3N4/c1-3-4-17-12(13-10(16)7-19-20(13)2)11-9(15)5-8(14)6-18-11/h5-7,12,17H,3-4H2,1-2H3. The van der Waals surface area contributed by atoms with Gasteiger partial charge in [-0.15, -0.1) is 0 Å². The summed E-state index contributed by atoms with van der Waals surface area (Å²) in [5.41, 5.74) is 2.01. The smallest absolute Gasteiger partial charge is 0.0944 e. The van der Waals surface area contributed by atoms with Gasteiger partial charge in [0.25, 0.3) is 0 Å². The largest absolute Gasteiger partial charge is 0.304 e. The van der Waals surface area contributed by atoms with E-state index in [9.17, 15) is 0 Å². The summed E-state index contributed by atoms with van der Waals surface area (Å²) in [6.45, 7) is 3.05. The van der Waals surface area contributed by atoms with Crippen molar-refractivity contribution in [3.8, 4) is 0 Å². The van der Waals surface area contributed by atoms with E-state index >= 15 is 0 Å². The van der Waals surface area contributed by atoms with Crippen molar-refractivity contribution >= 4 is 47.8 Å². The molecule has 4 nitrogen and oxygen atoms in total. The summed E-state index contributed by atoms with van der Waals surface area (Å²) in [6.07, 6.45) is 4.67. The number of halogens is 3. The minimum absolute atomic E-state index is 0.0145. The van der Waals surface area contributed by atoms with Crippen LogP contribution in [0.15, 0.2) is 31.9 Å². The lowest BCUT2D eigenvalue weighted by molar-refractivity contribution is 0.540. The quantitative estimate of drug-likeness (QED) is 0.718. The first-order valence-corrected chi connectivity index (χ1v) is 8.64. The Morgan fingerprint density at radius 1 is 1.25 bits per heavy atom. The van der Waals surface area contributed by atoms with Crippen LogP contribution in [0.5, 0.6) is 0 Å². The predicted molar refractivity (Wildman–Crippen MR) is 90.7 cm³/mol. The van der Waals surface area contributed by atoms with E-state index in [1.807, 2.05) is 30.2 Å². The zero-order valence-electron chi connectivity index (χ0n) is 11.2.